The smallest absolute Gasteiger partial charge is 0.348 e. The minimum Gasteiger partial charge on any atom is -0.462 e. The number of ether oxygens (including phenoxy) is 5. The maximum absolute atomic E-state index is 14.0. The summed E-state index contributed by atoms with van der Waals surface area (Å²) in [6.45, 7) is 3.58. The van der Waals surface area contributed by atoms with Crippen LogP contribution in [0.2, 0.25) is 0 Å². The van der Waals surface area contributed by atoms with Gasteiger partial charge in [-0.2, -0.15) is 5.06 Å². The number of fused-ring (bicyclic) bond motifs is 4. The number of hydrogen-bond donors (Lipinski definition) is 3. The molecule has 0 unspecified atom stereocenters. The van der Waals surface area contributed by atoms with E-state index in [0.29, 0.717) is 11.1 Å². The van der Waals surface area contributed by atoms with Gasteiger partial charge < -0.3 is 39.4 Å². The Morgan fingerprint density at radius 2 is 1.87 bits per heavy atom. The van der Waals surface area contributed by atoms with Crippen molar-refractivity contribution in [1.82, 2.24) is 15.7 Å². The lowest BCUT2D eigenvalue weighted by Gasteiger charge is -2.48. The molecule has 3 N–H and O–H groups in total. The van der Waals surface area contributed by atoms with E-state index < -0.39 is 71.2 Å². The number of aliphatic hydroxyl groups is 1. The number of nitrogens with one attached hydrogen (secondary N) is 2. The number of amides is 2. The molecular formula is C31H37N3O12. The van der Waals surface area contributed by atoms with Gasteiger partial charge in [-0.3, -0.25) is 19.2 Å². The van der Waals surface area contributed by atoms with Gasteiger partial charge in [-0.05, 0) is 17.2 Å². The standard InChI is InChI=1S/C31H37N3O12/c1-30(2)15-41-28(39)26(30)45-21(37)8-7-17-5-3-4-6-18(17)14-34-24-27(38)44-19-13-31(24,25(46-34)23-22(19)42-16-43-23)29(40)33-10-9-20(36)32-11-12-35/h3-8,19,22-26,35H,9-16H2,1-2H3,(H,32,36)(H,33,40)/t19-,22+,23+,24+,25-,26+,31+/m1/s1. The molecule has 4 saturated heterocycles. The molecule has 1 aromatic rings. The molecule has 248 valence electrons. The van der Waals surface area contributed by atoms with E-state index >= 15 is 0 Å². The molecule has 7 atom stereocenters. The number of carbonyl (C=O) groups is 5. The second-order valence-electron chi connectivity index (χ2n) is 12.6. The minimum atomic E-state index is -1.40. The van der Waals surface area contributed by atoms with Gasteiger partial charge in [0.2, 0.25) is 17.9 Å². The first-order valence-electron chi connectivity index (χ1n) is 15.2. The Morgan fingerprint density at radius 1 is 1.09 bits per heavy atom. The third-order valence-electron chi connectivity index (χ3n) is 9.09. The first kappa shape index (κ1) is 32.1. The number of aliphatic hydroxyl groups excluding tert-OH is 1. The highest BCUT2D eigenvalue weighted by Crippen LogP contribution is 2.55. The van der Waals surface area contributed by atoms with Crippen LogP contribution in [-0.2, 0) is 59.0 Å². The van der Waals surface area contributed by atoms with Gasteiger partial charge in [0.15, 0.2) is 6.04 Å². The zero-order chi connectivity index (χ0) is 32.6. The molecule has 2 bridgehead atoms. The first-order valence-corrected chi connectivity index (χ1v) is 15.2. The molecule has 1 saturated carbocycles. The molecule has 0 aromatic heterocycles. The van der Waals surface area contributed by atoms with E-state index in [1.807, 2.05) is 0 Å². The fourth-order valence-electron chi connectivity index (χ4n) is 6.83. The molecule has 46 heavy (non-hydrogen) atoms. The van der Waals surface area contributed by atoms with Crippen molar-refractivity contribution in [3.63, 3.8) is 0 Å². The molecule has 6 rings (SSSR count). The van der Waals surface area contributed by atoms with Crippen LogP contribution >= 0.6 is 0 Å². The van der Waals surface area contributed by atoms with Gasteiger partial charge in [-0.25, -0.2) is 9.59 Å². The highest BCUT2D eigenvalue weighted by Gasteiger charge is 2.74. The van der Waals surface area contributed by atoms with E-state index in [4.69, 9.17) is 33.6 Å². The van der Waals surface area contributed by atoms with Crippen LogP contribution in [0.3, 0.4) is 0 Å². The number of esters is 3. The number of nitrogens with zero attached hydrogens (tertiary/aromatic N) is 1. The average molecular weight is 644 g/mol. The summed E-state index contributed by atoms with van der Waals surface area (Å²) in [5.74, 6) is -2.78. The van der Waals surface area contributed by atoms with Crippen LogP contribution < -0.4 is 10.6 Å². The molecular weight excluding hydrogens is 606 g/mol. The predicted octanol–water partition coefficient (Wildman–Crippen LogP) is -0.649. The number of carbonyl (C=O) groups excluding carboxylic acids is 5. The van der Waals surface area contributed by atoms with E-state index in [-0.39, 0.29) is 58.4 Å². The number of hydrogen-bond acceptors (Lipinski definition) is 13. The summed E-state index contributed by atoms with van der Waals surface area (Å²) in [4.78, 5) is 70.7. The van der Waals surface area contributed by atoms with Crippen LogP contribution in [0, 0.1) is 10.8 Å². The average Bonchev–Trinajstić information content (AvgIpc) is 3.72. The largest absolute Gasteiger partial charge is 0.462 e. The number of cyclic esters (lactones) is 1. The van der Waals surface area contributed by atoms with Gasteiger partial charge in [-0.1, -0.05) is 38.1 Å². The summed E-state index contributed by atoms with van der Waals surface area (Å²) in [5.41, 5.74) is -0.776. The topological polar surface area (TPSA) is 188 Å². The van der Waals surface area contributed by atoms with E-state index in [1.165, 1.54) is 17.2 Å². The third-order valence-corrected chi connectivity index (χ3v) is 9.09. The van der Waals surface area contributed by atoms with Gasteiger partial charge in [0, 0.05) is 37.4 Å². The Labute approximate surface area is 264 Å². The highest BCUT2D eigenvalue weighted by molar-refractivity contribution is 5.94. The van der Waals surface area contributed by atoms with Gasteiger partial charge in [0.1, 0.15) is 43.2 Å². The van der Waals surface area contributed by atoms with Crippen LogP contribution in [-0.4, -0.2) is 110 Å². The maximum Gasteiger partial charge on any atom is 0.348 e. The summed E-state index contributed by atoms with van der Waals surface area (Å²) in [6, 6.07) is 5.98. The van der Waals surface area contributed by atoms with Crippen LogP contribution in [0.4, 0.5) is 0 Å². The van der Waals surface area contributed by atoms with E-state index in [9.17, 15) is 24.0 Å². The molecule has 5 fully saturated rings. The Balaban J connectivity index is 1.22. The summed E-state index contributed by atoms with van der Waals surface area (Å²) in [6.07, 6.45) is -1.07. The molecule has 4 aliphatic heterocycles. The maximum atomic E-state index is 14.0. The van der Waals surface area contributed by atoms with E-state index in [2.05, 4.69) is 10.6 Å². The van der Waals surface area contributed by atoms with Crippen molar-refractivity contribution in [2.24, 2.45) is 10.8 Å². The normalized spacial score (nSPS) is 32.5. The fourth-order valence-corrected chi connectivity index (χ4v) is 6.83. The molecule has 0 radical (unpaired) electrons. The van der Waals surface area contributed by atoms with Crippen molar-refractivity contribution >= 4 is 35.8 Å². The molecule has 5 aliphatic rings. The zero-order valence-corrected chi connectivity index (χ0v) is 25.5. The quantitative estimate of drug-likeness (QED) is 0.157. The number of benzene rings is 1. The highest BCUT2D eigenvalue weighted by atomic mass is 16.8. The summed E-state index contributed by atoms with van der Waals surface area (Å²) < 4.78 is 27.8. The van der Waals surface area contributed by atoms with Crippen molar-refractivity contribution in [1.29, 1.82) is 0 Å². The first-order chi connectivity index (χ1) is 22.0. The minimum absolute atomic E-state index is 0.00193. The molecule has 15 heteroatoms. The molecule has 4 heterocycles. The monoisotopic (exact) mass is 643 g/mol. The van der Waals surface area contributed by atoms with Crippen molar-refractivity contribution < 1.29 is 57.6 Å². The Morgan fingerprint density at radius 3 is 2.63 bits per heavy atom. The number of rotatable bonds is 11. The molecule has 0 spiro atoms. The van der Waals surface area contributed by atoms with Crippen molar-refractivity contribution in [2.45, 2.75) is 69.8 Å². The van der Waals surface area contributed by atoms with Gasteiger partial charge in [0.25, 0.3) is 0 Å². The second-order valence-corrected chi connectivity index (χ2v) is 12.6. The summed E-state index contributed by atoms with van der Waals surface area (Å²) >= 11 is 0. The summed E-state index contributed by atoms with van der Waals surface area (Å²) in [5, 5.41) is 15.7. The second kappa shape index (κ2) is 12.7. The molecule has 1 aromatic carbocycles. The lowest BCUT2D eigenvalue weighted by molar-refractivity contribution is -0.201. The fraction of sp³-hybridized carbons (Fsp3) is 0.581. The van der Waals surface area contributed by atoms with Gasteiger partial charge >= 0.3 is 17.9 Å². The number of hydroxylamine groups is 2. The van der Waals surface area contributed by atoms with E-state index in [0.717, 1.165) is 0 Å². The van der Waals surface area contributed by atoms with Crippen molar-refractivity contribution in [3.05, 3.63) is 41.5 Å². The molecule has 2 amide bonds. The predicted molar refractivity (Wildman–Crippen MR) is 154 cm³/mol. The van der Waals surface area contributed by atoms with Crippen molar-refractivity contribution in [2.75, 3.05) is 33.1 Å². The lowest BCUT2D eigenvalue weighted by Crippen LogP contribution is -2.69. The Bertz CT molecular complexity index is 1430. The van der Waals surface area contributed by atoms with E-state index in [1.54, 1.807) is 38.1 Å². The summed E-state index contributed by atoms with van der Waals surface area (Å²) in [7, 11) is 0. The van der Waals surface area contributed by atoms with Gasteiger partial charge in [0.05, 0.1) is 13.2 Å². The lowest BCUT2D eigenvalue weighted by atomic mass is 9.62. The van der Waals surface area contributed by atoms with Gasteiger partial charge in [-0.15, -0.1) is 0 Å². The van der Waals surface area contributed by atoms with Crippen LogP contribution in [0.25, 0.3) is 6.08 Å². The SMILES string of the molecule is CC1(C)COC(=O)[C@@H]1OC(=O)C=Cc1ccccc1CN1O[C@@H]2[C@H]3OCO[C@H]3[C@H]3C[C@]2(C(=O)NCCC(=O)NCCO)[C@@H]1C(=O)O3. The molecule has 1 aliphatic carbocycles. The van der Waals surface area contributed by atoms with Crippen LogP contribution in [0.1, 0.15) is 37.8 Å². The zero-order valence-electron chi connectivity index (χ0n) is 25.5. The van der Waals surface area contributed by atoms with Crippen molar-refractivity contribution in [3.8, 4) is 0 Å². The molecule has 15 nitrogen and oxygen atoms in total. The third kappa shape index (κ3) is 5.77. The van der Waals surface area contributed by atoms with Crippen LogP contribution in [0.5, 0.6) is 0 Å². The Kier molecular flexibility index (Phi) is 8.87. The Hall–Kier alpha value is -3.89. The van der Waals surface area contributed by atoms with Crippen LogP contribution in [0.15, 0.2) is 30.3 Å².